The van der Waals surface area contributed by atoms with Gasteiger partial charge in [0.2, 0.25) is 0 Å². The molecule has 0 spiro atoms. The number of ether oxygens (including phenoxy) is 1. The molecule has 108 valence electrons. The van der Waals surface area contributed by atoms with Crippen molar-refractivity contribution in [2.45, 2.75) is 32.4 Å². The van der Waals surface area contributed by atoms with E-state index >= 15 is 0 Å². The van der Waals surface area contributed by atoms with Gasteiger partial charge in [-0.1, -0.05) is 30.0 Å². The summed E-state index contributed by atoms with van der Waals surface area (Å²) in [5.74, 6) is 6.11. The third-order valence-electron chi connectivity index (χ3n) is 3.60. The smallest absolute Gasteiger partial charge is 0.0702 e. The number of nitrogens with zero attached hydrogens (tertiary/aromatic N) is 1. The van der Waals surface area contributed by atoms with Gasteiger partial charge in [-0.25, -0.2) is 0 Å². The van der Waals surface area contributed by atoms with Crippen molar-refractivity contribution in [1.82, 2.24) is 4.90 Å². The van der Waals surface area contributed by atoms with E-state index in [4.69, 9.17) is 10.5 Å². The molecule has 2 N–H and O–H groups in total. The lowest BCUT2D eigenvalue weighted by Gasteiger charge is -2.32. The molecule has 0 radical (unpaired) electrons. The number of nitrogens with two attached hydrogens (primary N) is 1. The predicted octanol–water partition coefficient (Wildman–Crippen LogP) is 2.00. The van der Waals surface area contributed by atoms with E-state index in [2.05, 4.69) is 41.9 Å². The first kappa shape index (κ1) is 15.1. The average Bonchev–Trinajstić information content (AvgIpc) is 2.47. The summed E-state index contributed by atoms with van der Waals surface area (Å²) in [5.41, 5.74) is 7.84. The zero-order chi connectivity index (χ0) is 14.2. The van der Waals surface area contributed by atoms with Crippen LogP contribution >= 0.6 is 0 Å². The van der Waals surface area contributed by atoms with Gasteiger partial charge >= 0.3 is 0 Å². The molecule has 1 atom stereocenters. The fourth-order valence-corrected chi connectivity index (χ4v) is 2.70. The fraction of sp³-hybridized carbons (Fsp3) is 0.529. The zero-order valence-electron chi connectivity index (χ0n) is 12.3. The first-order chi connectivity index (χ1) is 9.83. The highest BCUT2D eigenvalue weighted by atomic mass is 16.5. The van der Waals surface area contributed by atoms with Crippen LogP contribution in [0.3, 0.4) is 0 Å². The third-order valence-corrected chi connectivity index (χ3v) is 3.60. The first-order valence-electron chi connectivity index (χ1n) is 7.44. The Morgan fingerprint density at radius 2 is 2.25 bits per heavy atom. The van der Waals surface area contributed by atoms with E-state index in [0.29, 0.717) is 12.6 Å². The molecular weight excluding hydrogens is 248 g/mol. The molecule has 1 heterocycles. The summed E-state index contributed by atoms with van der Waals surface area (Å²) in [6, 6.07) is 8.34. The Morgan fingerprint density at radius 3 is 3.05 bits per heavy atom. The van der Waals surface area contributed by atoms with Crippen LogP contribution < -0.4 is 5.73 Å². The number of piperidine rings is 1. The van der Waals surface area contributed by atoms with Crippen LogP contribution in [-0.4, -0.2) is 37.2 Å². The van der Waals surface area contributed by atoms with Crippen LogP contribution in [0.5, 0.6) is 0 Å². The van der Waals surface area contributed by atoms with Gasteiger partial charge in [-0.2, -0.15) is 0 Å². The highest BCUT2D eigenvalue weighted by Gasteiger charge is 2.20. The van der Waals surface area contributed by atoms with Crippen molar-refractivity contribution in [2.24, 2.45) is 5.73 Å². The van der Waals surface area contributed by atoms with Crippen LogP contribution in [0, 0.1) is 11.8 Å². The van der Waals surface area contributed by atoms with Crippen molar-refractivity contribution < 1.29 is 4.74 Å². The summed E-state index contributed by atoms with van der Waals surface area (Å²) in [4.78, 5) is 2.47. The summed E-state index contributed by atoms with van der Waals surface area (Å²) < 4.78 is 5.76. The summed E-state index contributed by atoms with van der Waals surface area (Å²) in [7, 11) is 0. The van der Waals surface area contributed by atoms with Crippen LogP contribution in [0.2, 0.25) is 0 Å². The van der Waals surface area contributed by atoms with Crippen LogP contribution in [-0.2, 0) is 11.3 Å². The van der Waals surface area contributed by atoms with Gasteiger partial charge in [0.1, 0.15) is 0 Å². The van der Waals surface area contributed by atoms with E-state index in [1.54, 1.807) is 0 Å². The summed E-state index contributed by atoms with van der Waals surface area (Å²) in [6.07, 6.45) is 2.77. The Morgan fingerprint density at radius 1 is 1.40 bits per heavy atom. The Bertz CT molecular complexity index is 473. The maximum Gasteiger partial charge on any atom is 0.0702 e. The van der Waals surface area contributed by atoms with Gasteiger partial charge in [0.05, 0.1) is 12.6 Å². The summed E-state index contributed by atoms with van der Waals surface area (Å²) >= 11 is 0. The van der Waals surface area contributed by atoms with Crippen molar-refractivity contribution in [3.05, 3.63) is 35.4 Å². The minimum atomic E-state index is 0.385. The largest absolute Gasteiger partial charge is 0.377 e. The normalized spacial score (nSPS) is 19.4. The molecule has 20 heavy (non-hydrogen) atoms. The molecule has 1 fully saturated rings. The van der Waals surface area contributed by atoms with Crippen molar-refractivity contribution in [3.8, 4) is 11.8 Å². The molecule has 0 amide bonds. The van der Waals surface area contributed by atoms with E-state index in [1.165, 1.54) is 18.4 Å². The van der Waals surface area contributed by atoms with Crippen LogP contribution in [0.4, 0.5) is 0 Å². The molecule has 1 aliphatic heterocycles. The van der Waals surface area contributed by atoms with Gasteiger partial charge in [0.25, 0.3) is 0 Å². The molecule has 3 nitrogen and oxygen atoms in total. The second kappa shape index (κ2) is 8.06. The topological polar surface area (TPSA) is 38.5 Å². The molecule has 1 aromatic carbocycles. The Labute approximate surface area is 122 Å². The van der Waals surface area contributed by atoms with E-state index in [0.717, 1.165) is 31.8 Å². The van der Waals surface area contributed by atoms with Crippen molar-refractivity contribution in [1.29, 1.82) is 0 Å². The number of rotatable bonds is 4. The molecule has 2 rings (SSSR count). The third kappa shape index (κ3) is 4.35. The molecule has 1 unspecified atom stereocenters. The van der Waals surface area contributed by atoms with Gasteiger partial charge in [-0.3, -0.25) is 4.90 Å². The average molecular weight is 272 g/mol. The molecule has 0 bridgehead atoms. The van der Waals surface area contributed by atoms with E-state index in [-0.39, 0.29) is 0 Å². The minimum Gasteiger partial charge on any atom is -0.377 e. The number of likely N-dealkylation sites (tertiary alicyclic amines) is 1. The van der Waals surface area contributed by atoms with E-state index < -0.39 is 0 Å². The zero-order valence-corrected chi connectivity index (χ0v) is 12.3. The second-order valence-electron chi connectivity index (χ2n) is 5.12. The van der Waals surface area contributed by atoms with Gasteiger partial charge in [0.15, 0.2) is 0 Å². The number of benzene rings is 1. The quantitative estimate of drug-likeness (QED) is 0.852. The molecular formula is C17H24N2O. The summed E-state index contributed by atoms with van der Waals surface area (Å²) in [5, 5.41) is 0. The van der Waals surface area contributed by atoms with Gasteiger partial charge in [0, 0.05) is 25.3 Å². The maximum atomic E-state index is 5.76. The van der Waals surface area contributed by atoms with Gasteiger partial charge in [-0.05, 0) is 37.9 Å². The molecule has 0 saturated carbocycles. The Hall–Kier alpha value is -1.34. The fourth-order valence-electron chi connectivity index (χ4n) is 2.70. The lowest BCUT2D eigenvalue weighted by Crippen LogP contribution is -2.39. The molecule has 0 aromatic heterocycles. The van der Waals surface area contributed by atoms with E-state index in [1.807, 2.05) is 6.07 Å². The summed E-state index contributed by atoms with van der Waals surface area (Å²) in [6.45, 7) is 6.38. The lowest BCUT2D eigenvalue weighted by atomic mass is 10.0. The molecule has 1 aliphatic rings. The Kier molecular flexibility index (Phi) is 6.07. The van der Waals surface area contributed by atoms with Crippen molar-refractivity contribution in [3.63, 3.8) is 0 Å². The van der Waals surface area contributed by atoms with Crippen molar-refractivity contribution in [2.75, 3.05) is 26.2 Å². The van der Waals surface area contributed by atoms with Crippen molar-refractivity contribution >= 4 is 0 Å². The highest BCUT2D eigenvalue weighted by molar-refractivity contribution is 5.41. The van der Waals surface area contributed by atoms with E-state index in [9.17, 15) is 0 Å². The number of hydrogen-bond donors (Lipinski definition) is 1. The minimum absolute atomic E-state index is 0.385. The van der Waals surface area contributed by atoms with Crippen LogP contribution in [0.15, 0.2) is 24.3 Å². The molecule has 0 aliphatic carbocycles. The lowest BCUT2D eigenvalue weighted by molar-refractivity contribution is 0.00361. The monoisotopic (exact) mass is 272 g/mol. The van der Waals surface area contributed by atoms with Gasteiger partial charge in [-0.15, -0.1) is 0 Å². The Balaban J connectivity index is 2.02. The second-order valence-corrected chi connectivity index (χ2v) is 5.12. The first-order valence-corrected chi connectivity index (χ1v) is 7.44. The molecule has 1 saturated heterocycles. The number of hydrogen-bond acceptors (Lipinski definition) is 3. The molecule has 1 aromatic rings. The maximum absolute atomic E-state index is 5.76. The standard InChI is InChI=1S/C17H24N2O/c1-2-20-17-10-6-12-19(14-17)13-16-8-4-3-7-15(16)9-5-11-18/h3-4,7-8,17H,2,6,10-14,18H2,1H3. The van der Waals surface area contributed by atoms with Crippen LogP contribution in [0.25, 0.3) is 0 Å². The van der Waals surface area contributed by atoms with Crippen LogP contribution in [0.1, 0.15) is 30.9 Å². The highest BCUT2D eigenvalue weighted by Crippen LogP contribution is 2.17. The van der Waals surface area contributed by atoms with Gasteiger partial charge < -0.3 is 10.5 Å². The predicted molar refractivity (Wildman–Crippen MR) is 82.3 cm³/mol. The molecule has 3 heteroatoms. The SMILES string of the molecule is CCOC1CCCN(Cc2ccccc2C#CCN)C1.